The van der Waals surface area contributed by atoms with Crippen LogP contribution in [0.15, 0.2) is 138 Å². The van der Waals surface area contributed by atoms with Crippen molar-refractivity contribution in [3.8, 4) is 0 Å². The quantitative estimate of drug-likeness (QED) is 0.114. The molecule has 0 heterocycles. The van der Waals surface area contributed by atoms with Gasteiger partial charge in [0.2, 0.25) is 5.91 Å². The van der Waals surface area contributed by atoms with Gasteiger partial charge in [-0.05, 0) is 70.8 Å². The first-order chi connectivity index (χ1) is 21.2. The topological polar surface area (TPSA) is 53.2 Å². The van der Waals surface area contributed by atoms with Gasteiger partial charge in [0.05, 0.1) is 5.69 Å². The summed E-state index contributed by atoms with van der Waals surface area (Å²) in [5, 5.41) is 10.2. The van der Waals surface area contributed by atoms with Crippen LogP contribution in [-0.4, -0.2) is 11.7 Å². The monoisotopic (exact) mass is 585 g/mol. The van der Waals surface area contributed by atoms with E-state index in [1.807, 2.05) is 30.3 Å². The third kappa shape index (κ3) is 9.00. The molecule has 5 aromatic carbocycles. The normalized spacial score (nSPS) is 10.8. The second-order valence-electron chi connectivity index (χ2n) is 10.5. The van der Waals surface area contributed by atoms with Gasteiger partial charge >= 0.3 is 0 Å². The Morgan fingerprint density at radius 3 is 1.63 bits per heavy atom. The summed E-state index contributed by atoms with van der Waals surface area (Å²) in [5.41, 5.74) is 7.93. The predicted molar refractivity (Wildman–Crippen MR) is 183 cm³/mol. The Balaban J connectivity index is 1.28. The van der Waals surface area contributed by atoms with E-state index < -0.39 is 0 Å². The van der Waals surface area contributed by atoms with E-state index in [4.69, 9.17) is 0 Å². The largest absolute Gasteiger partial charge is 0.381 e. The fourth-order valence-corrected chi connectivity index (χ4v) is 5.89. The average molecular weight is 586 g/mol. The van der Waals surface area contributed by atoms with Crippen LogP contribution in [-0.2, 0) is 17.9 Å². The zero-order valence-electron chi connectivity index (χ0n) is 24.6. The number of amides is 1. The molecule has 0 spiro atoms. The third-order valence-corrected chi connectivity index (χ3v) is 8.38. The second-order valence-corrected chi connectivity index (χ2v) is 11.8. The van der Waals surface area contributed by atoms with Crippen molar-refractivity contribution in [2.75, 3.05) is 21.7 Å². The fraction of sp³-hybridized carbons (Fsp3) is 0.184. The molecule has 1 amide bonds. The van der Waals surface area contributed by atoms with Crippen molar-refractivity contribution in [1.82, 2.24) is 0 Å². The zero-order chi connectivity index (χ0) is 29.7. The van der Waals surface area contributed by atoms with E-state index in [1.54, 1.807) is 11.8 Å². The Labute approximate surface area is 260 Å². The summed E-state index contributed by atoms with van der Waals surface area (Å²) >= 11 is 1.74. The van der Waals surface area contributed by atoms with Crippen LogP contribution in [0.2, 0.25) is 0 Å². The smallest absolute Gasteiger partial charge is 0.224 e. The number of hydrogen-bond donors (Lipinski definition) is 3. The van der Waals surface area contributed by atoms with Crippen LogP contribution < -0.4 is 16.0 Å². The maximum atomic E-state index is 13.1. The molecule has 0 radical (unpaired) electrons. The van der Waals surface area contributed by atoms with E-state index >= 15 is 0 Å². The Bertz CT molecular complexity index is 1470. The van der Waals surface area contributed by atoms with Gasteiger partial charge in [0.1, 0.15) is 0 Å². The first kappa shape index (κ1) is 30.0. The Hall–Kier alpha value is -4.48. The van der Waals surface area contributed by atoms with Crippen molar-refractivity contribution in [2.24, 2.45) is 0 Å². The highest BCUT2D eigenvalue weighted by molar-refractivity contribution is 7.99. The molecule has 0 saturated carbocycles. The van der Waals surface area contributed by atoms with Crippen LogP contribution in [0.1, 0.15) is 47.9 Å². The molecule has 0 unspecified atom stereocenters. The summed E-state index contributed by atoms with van der Waals surface area (Å²) in [6, 6.07) is 46.1. The van der Waals surface area contributed by atoms with Crippen LogP contribution in [0.4, 0.5) is 17.1 Å². The molecule has 218 valence electrons. The standard InChI is InChI=1S/C38H39N3OS/c1-2-43-37-16-10-9-15-36(37)41-38(42)26-25-35(31-17-21-33(22-18-31)39-27-29-11-5-3-6-12-29)32-19-23-34(24-20-32)40-28-30-13-7-4-8-14-30/h3-24,35,39-40H,2,25-28H2,1H3,(H,41,42). The van der Waals surface area contributed by atoms with E-state index in [0.29, 0.717) is 12.8 Å². The lowest BCUT2D eigenvalue weighted by atomic mass is 9.87. The summed E-state index contributed by atoms with van der Waals surface area (Å²) < 4.78 is 0. The van der Waals surface area contributed by atoms with Crippen LogP contribution >= 0.6 is 11.8 Å². The molecule has 0 saturated heterocycles. The molecule has 4 nitrogen and oxygen atoms in total. The third-order valence-electron chi connectivity index (χ3n) is 7.43. The number of carbonyl (C=O) groups is 1. The van der Waals surface area contributed by atoms with Crippen molar-refractivity contribution in [3.05, 3.63) is 156 Å². The number of hydrogen-bond acceptors (Lipinski definition) is 4. The molecule has 0 bridgehead atoms. The Kier molecular flexibility index (Phi) is 10.9. The molecule has 0 atom stereocenters. The minimum atomic E-state index is 0.0384. The van der Waals surface area contributed by atoms with Gasteiger partial charge in [-0.15, -0.1) is 11.8 Å². The van der Waals surface area contributed by atoms with Crippen LogP contribution in [0.5, 0.6) is 0 Å². The van der Waals surface area contributed by atoms with Crippen LogP contribution in [0, 0.1) is 0 Å². The number of anilines is 3. The molecule has 0 aliphatic carbocycles. The van der Waals surface area contributed by atoms with E-state index in [1.165, 1.54) is 22.3 Å². The molecule has 0 aromatic heterocycles. The number of thioether (sulfide) groups is 1. The number of rotatable bonds is 14. The minimum Gasteiger partial charge on any atom is -0.381 e. The van der Waals surface area contributed by atoms with E-state index in [0.717, 1.165) is 40.8 Å². The zero-order valence-corrected chi connectivity index (χ0v) is 25.4. The molecule has 0 fully saturated rings. The lowest BCUT2D eigenvalue weighted by molar-refractivity contribution is -0.116. The lowest BCUT2D eigenvalue weighted by Crippen LogP contribution is -2.14. The van der Waals surface area contributed by atoms with Gasteiger partial charge in [0.15, 0.2) is 0 Å². The van der Waals surface area contributed by atoms with E-state index in [-0.39, 0.29) is 11.8 Å². The Morgan fingerprint density at radius 1 is 0.628 bits per heavy atom. The first-order valence-corrected chi connectivity index (χ1v) is 15.9. The highest BCUT2D eigenvalue weighted by Gasteiger charge is 2.17. The summed E-state index contributed by atoms with van der Waals surface area (Å²) in [5.74, 6) is 1.09. The SMILES string of the molecule is CCSc1ccccc1NC(=O)CCC(c1ccc(NCc2ccccc2)cc1)c1ccc(NCc2ccccc2)cc1. The lowest BCUT2D eigenvalue weighted by Gasteiger charge is -2.20. The molecule has 5 rings (SSSR count). The minimum absolute atomic E-state index is 0.0384. The number of benzene rings is 5. The summed E-state index contributed by atoms with van der Waals surface area (Å²) in [4.78, 5) is 14.2. The number of nitrogens with one attached hydrogen (secondary N) is 3. The van der Waals surface area contributed by atoms with Crippen molar-refractivity contribution < 1.29 is 4.79 Å². The van der Waals surface area contributed by atoms with Crippen LogP contribution in [0.3, 0.4) is 0 Å². The first-order valence-electron chi connectivity index (χ1n) is 14.9. The fourth-order valence-electron chi connectivity index (χ4n) is 5.13. The van der Waals surface area contributed by atoms with Gasteiger partial charge in [-0.2, -0.15) is 0 Å². The molecule has 43 heavy (non-hydrogen) atoms. The number of para-hydroxylation sites is 1. The molecular weight excluding hydrogens is 547 g/mol. The molecule has 0 aliphatic rings. The van der Waals surface area contributed by atoms with Crippen molar-refractivity contribution >= 4 is 34.7 Å². The summed E-state index contributed by atoms with van der Waals surface area (Å²) in [6.45, 7) is 3.68. The summed E-state index contributed by atoms with van der Waals surface area (Å²) in [7, 11) is 0. The highest BCUT2D eigenvalue weighted by atomic mass is 32.2. The summed E-state index contributed by atoms with van der Waals surface area (Å²) in [6.07, 6.45) is 1.14. The van der Waals surface area contributed by atoms with Gasteiger partial charge in [-0.1, -0.05) is 104 Å². The maximum Gasteiger partial charge on any atom is 0.224 e. The Morgan fingerprint density at radius 2 is 1.12 bits per heavy atom. The van der Waals surface area contributed by atoms with Gasteiger partial charge in [-0.25, -0.2) is 0 Å². The van der Waals surface area contributed by atoms with E-state index in [9.17, 15) is 4.79 Å². The van der Waals surface area contributed by atoms with Crippen molar-refractivity contribution in [2.45, 2.75) is 43.7 Å². The van der Waals surface area contributed by atoms with Gasteiger partial charge in [0, 0.05) is 41.7 Å². The average Bonchev–Trinajstić information content (AvgIpc) is 3.06. The van der Waals surface area contributed by atoms with E-state index in [2.05, 4.69) is 126 Å². The van der Waals surface area contributed by atoms with Crippen molar-refractivity contribution in [1.29, 1.82) is 0 Å². The number of carbonyl (C=O) groups excluding carboxylic acids is 1. The van der Waals surface area contributed by atoms with Crippen molar-refractivity contribution in [3.63, 3.8) is 0 Å². The highest BCUT2D eigenvalue weighted by Crippen LogP contribution is 2.32. The second kappa shape index (κ2) is 15.7. The molecular formula is C38H39N3OS. The van der Waals surface area contributed by atoms with Gasteiger partial charge in [0.25, 0.3) is 0 Å². The maximum absolute atomic E-state index is 13.1. The molecule has 5 aromatic rings. The van der Waals surface area contributed by atoms with Crippen LogP contribution in [0.25, 0.3) is 0 Å². The molecule has 0 aliphatic heterocycles. The van der Waals surface area contributed by atoms with Gasteiger partial charge in [-0.3, -0.25) is 4.79 Å². The molecule has 3 N–H and O–H groups in total. The molecule has 5 heteroatoms. The predicted octanol–water partition coefficient (Wildman–Crippen LogP) is 9.57. The van der Waals surface area contributed by atoms with Gasteiger partial charge < -0.3 is 16.0 Å².